The molecule has 0 bridgehead atoms. The van der Waals surface area contributed by atoms with Crippen molar-refractivity contribution in [1.82, 2.24) is 4.98 Å². The van der Waals surface area contributed by atoms with Crippen molar-refractivity contribution in [2.75, 3.05) is 17.7 Å². The third kappa shape index (κ3) is 3.22. The minimum absolute atomic E-state index is 0.0235. The number of benzene rings is 1. The number of hydrogen-bond acceptors (Lipinski definition) is 5. The molecule has 1 fully saturated rings. The Bertz CT molecular complexity index is 623. The molecule has 0 unspecified atom stereocenters. The van der Waals surface area contributed by atoms with Crippen molar-refractivity contribution < 1.29 is 9.53 Å². The Hall–Kier alpha value is -1.92. The molecule has 6 heteroatoms. The third-order valence-electron chi connectivity index (χ3n) is 3.40. The fourth-order valence-electron chi connectivity index (χ4n) is 2.12. The molecule has 21 heavy (non-hydrogen) atoms. The lowest BCUT2D eigenvalue weighted by Gasteiger charge is -2.17. The molecule has 0 radical (unpaired) electrons. The first kappa shape index (κ1) is 14.0. The van der Waals surface area contributed by atoms with E-state index in [1.165, 1.54) is 11.3 Å². The molecule has 1 heterocycles. The maximum Gasteiger partial charge on any atom is 0.251 e. The summed E-state index contributed by atoms with van der Waals surface area (Å²) in [5.41, 5.74) is 0.471. The molecular formula is C15H17N3O2S. The Morgan fingerprint density at radius 3 is 2.81 bits per heavy atom. The Morgan fingerprint density at radius 1 is 1.38 bits per heavy atom. The van der Waals surface area contributed by atoms with E-state index in [-0.39, 0.29) is 5.91 Å². The maximum absolute atomic E-state index is 12.4. The molecule has 2 aromatic rings. The van der Waals surface area contributed by atoms with E-state index in [1.807, 2.05) is 30.3 Å². The highest BCUT2D eigenvalue weighted by molar-refractivity contribution is 7.15. The van der Waals surface area contributed by atoms with Crippen molar-refractivity contribution >= 4 is 28.1 Å². The molecule has 1 amide bonds. The first-order valence-corrected chi connectivity index (χ1v) is 7.62. The maximum atomic E-state index is 12.4. The molecule has 1 aromatic carbocycles. The van der Waals surface area contributed by atoms with E-state index in [9.17, 15) is 4.79 Å². The van der Waals surface area contributed by atoms with Crippen LogP contribution < -0.4 is 10.6 Å². The van der Waals surface area contributed by atoms with E-state index < -0.39 is 5.54 Å². The van der Waals surface area contributed by atoms with Crippen molar-refractivity contribution in [2.24, 2.45) is 0 Å². The van der Waals surface area contributed by atoms with Gasteiger partial charge in [0.2, 0.25) is 0 Å². The molecule has 1 aliphatic rings. The molecule has 2 N–H and O–H groups in total. The molecule has 0 atom stereocenters. The van der Waals surface area contributed by atoms with Gasteiger partial charge in [0.25, 0.3) is 5.91 Å². The number of amides is 1. The van der Waals surface area contributed by atoms with Crippen LogP contribution in [-0.2, 0) is 16.1 Å². The molecule has 0 aliphatic heterocycles. The Balaban J connectivity index is 1.64. The van der Waals surface area contributed by atoms with Crippen molar-refractivity contribution in [1.29, 1.82) is 0 Å². The van der Waals surface area contributed by atoms with E-state index in [2.05, 4.69) is 15.6 Å². The second kappa shape index (κ2) is 5.83. The van der Waals surface area contributed by atoms with Gasteiger partial charge in [0.1, 0.15) is 5.54 Å². The van der Waals surface area contributed by atoms with E-state index in [0.29, 0.717) is 11.7 Å². The van der Waals surface area contributed by atoms with Crippen LogP contribution in [0.2, 0.25) is 0 Å². The van der Waals surface area contributed by atoms with Gasteiger partial charge in [0.05, 0.1) is 11.5 Å². The van der Waals surface area contributed by atoms with Gasteiger partial charge in [-0.3, -0.25) is 10.1 Å². The molecule has 5 nitrogen and oxygen atoms in total. The Labute approximate surface area is 127 Å². The molecule has 0 spiro atoms. The second-order valence-corrected chi connectivity index (χ2v) is 6.21. The summed E-state index contributed by atoms with van der Waals surface area (Å²) in [7, 11) is 1.64. The van der Waals surface area contributed by atoms with Crippen molar-refractivity contribution in [3.63, 3.8) is 0 Å². The fraction of sp³-hybridized carbons (Fsp3) is 0.333. The first-order valence-electron chi connectivity index (χ1n) is 6.80. The molecular weight excluding hydrogens is 286 g/mol. The van der Waals surface area contributed by atoms with Crippen LogP contribution in [0.1, 0.15) is 17.7 Å². The highest BCUT2D eigenvalue weighted by Crippen LogP contribution is 2.40. The number of nitrogens with zero attached hydrogens (tertiary/aromatic N) is 1. The summed E-state index contributed by atoms with van der Waals surface area (Å²) in [6.07, 6.45) is 3.40. The lowest BCUT2D eigenvalue weighted by atomic mass is 10.2. The zero-order valence-corrected chi connectivity index (χ0v) is 12.6. The molecule has 1 aromatic heterocycles. The van der Waals surface area contributed by atoms with Gasteiger partial charge in [-0.15, -0.1) is 0 Å². The van der Waals surface area contributed by atoms with Gasteiger partial charge in [0.15, 0.2) is 5.13 Å². The lowest BCUT2D eigenvalue weighted by molar-refractivity contribution is -0.117. The predicted molar refractivity (Wildman–Crippen MR) is 83.5 cm³/mol. The standard InChI is InChI=1S/C15H17N3O2S/c1-20-10-12-9-16-14(21-12)17-13(19)15(7-8-15)18-11-5-3-2-4-6-11/h2-6,9,18H,7-8,10H2,1H3,(H,16,17,19). The summed E-state index contributed by atoms with van der Waals surface area (Å²) >= 11 is 1.44. The summed E-state index contributed by atoms with van der Waals surface area (Å²) in [5, 5.41) is 6.83. The first-order chi connectivity index (χ1) is 10.2. The zero-order valence-electron chi connectivity index (χ0n) is 11.8. The molecule has 1 saturated carbocycles. The topological polar surface area (TPSA) is 63.2 Å². The van der Waals surface area contributed by atoms with Crippen LogP contribution in [0.4, 0.5) is 10.8 Å². The van der Waals surface area contributed by atoms with Gasteiger partial charge < -0.3 is 10.1 Å². The Morgan fingerprint density at radius 2 is 2.14 bits per heavy atom. The van der Waals surface area contributed by atoms with Crippen LogP contribution in [0, 0.1) is 0 Å². The van der Waals surface area contributed by atoms with E-state index in [0.717, 1.165) is 23.4 Å². The number of ether oxygens (including phenoxy) is 1. The number of nitrogens with one attached hydrogen (secondary N) is 2. The summed E-state index contributed by atoms with van der Waals surface area (Å²) < 4.78 is 5.05. The summed E-state index contributed by atoms with van der Waals surface area (Å²) in [6.45, 7) is 0.515. The molecule has 0 saturated heterocycles. The van der Waals surface area contributed by atoms with Gasteiger partial charge in [-0.2, -0.15) is 0 Å². The predicted octanol–water partition coefficient (Wildman–Crippen LogP) is 2.87. The van der Waals surface area contributed by atoms with Crippen molar-refractivity contribution in [2.45, 2.75) is 25.0 Å². The van der Waals surface area contributed by atoms with Gasteiger partial charge in [-0.25, -0.2) is 4.98 Å². The minimum Gasteiger partial charge on any atom is -0.379 e. The van der Waals surface area contributed by atoms with Crippen LogP contribution in [0.25, 0.3) is 0 Å². The third-order valence-corrected chi connectivity index (χ3v) is 4.29. The average molecular weight is 303 g/mol. The van der Waals surface area contributed by atoms with Crippen molar-refractivity contribution in [3.05, 3.63) is 41.4 Å². The number of aromatic nitrogens is 1. The summed E-state index contributed by atoms with van der Waals surface area (Å²) in [5.74, 6) is -0.0235. The monoisotopic (exact) mass is 303 g/mol. The van der Waals surface area contributed by atoms with Crippen LogP contribution >= 0.6 is 11.3 Å². The van der Waals surface area contributed by atoms with E-state index >= 15 is 0 Å². The summed E-state index contributed by atoms with van der Waals surface area (Å²) in [6, 6.07) is 9.79. The molecule has 3 rings (SSSR count). The number of thiazole rings is 1. The SMILES string of the molecule is COCc1cnc(NC(=O)C2(Nc3ccccc3)CC2)s1. The zero-order chi connectivity index (χ0) is 14.7. The van der Waals surface area contributed by atoms with Crippen LogP contribution in [-0.4, -0.2) is 23.5 Å². The fourth-order valence-corrected chi connectivity index (χ4v) is 2.90. The number of para-hydroxylation sites is 1. The quantitative estimate of drug-likeness (QED) is 0.861. The number of anilines is 2. The van der Waals surface area contributed by atoms with Crippen LogP contribution in [0.15, 0.2) is 36.5 Å². The Kier molecular flexibility index (Phi) is 3.90. The minimum atomic E-state index is -0.492. The van der Waals surface area contributed by atoms with Gasteiger partial charge in [0, 0.05) is 19.0 Å². The highest BCUT2D eigenvalue weighted by Gasteiger charge is 2.50. The largest absolute Gasteiger partial charge is 0.379 e. The van der Waals surface area contributed by atoms with E-state index in [1.54, 1.807) is 13.3 Å². The van der Waals surface area contributed by atoms with E-state index in [4.69, 9.17) is 4.74 Å². The van der Waals surface area contributed by atoms with Crippen molar-refractivity contribution in [3.8, 4) is 0 Å². The normalized spacial score (nSPS) is 15.5. The number of carbonyl (C=O) groups is 1. The number of rotatable bonds is 6. The highest BCUT2D eigenvalue weighted by atomic mass is 32.1. The second-order valence-electron chi connectivity index (χ2n) is 5.09. The van der Waals surface area contributed by atoms with Crippen LogP contribution in [0.5, 0.6) is 0 Å². The molecule has 110 valence electrons. The van der Waals surface area contributed by atoms with Crippen LogP contribution in [0.3, 0.4) is 0 Å². The van der Waals surface area contributed by atoms with Gasteiger partial charge >= 0.3 is 0 Å². The average Bonchev–Trinajstić information content (AvgIpc) is 3.14. The number of methoxy groups -OCH3 is 1. The van der Waals surface area contributed by atoms with Gasteiger partial charge in [-0.1, -0.05) is 29.5 Å². The smallest absolute Gasteiger partial charge is 0.251 e. The number of hydrogen-bond donors (Lipinski definition) is 2. The number of carbonyl (C=O) groups excluding carboxylic acids is 1. The molecule has 1 aliphatic carbocycles. The lowest BCUT2D eigenvalue weighted by Crippen LogP contribution is -2.36. The van der Waals surface area contributed by atoms with Gasteiger partial charge in [-0.05, 0) is 25.0 Å². The summed E-state index contributed by atoms with van der Waals surface area (Å²) in [4.78, 5) is 17.6.